The summed E-state index contributed by atoms with van der Waals surface area (Å²) < 4.78 is 0. The Balaban J connectivity index is 0.000000324. The van der Waals surface area contributed by atoms with E-state index in [4.69, 9.17) is 0 Å². The SMILES string of the molecule is C1CCCC1.C1CCCC1.CC[C-]=C(CC)C(=[C-]c1ccccc1)C1=C(c2ccccc2)CC1.[Zr+4]. The van der Waals surface area contributed by atoms with E-state index in [0.29, 0.717) is 0 Å². The average Bonchev–Trinajstić information content (AvgIpc) is 3.62. The number of hydrogen-bond acceptors (Lipinski definition) is 0. The van der Waals surface area contributed by atoms with Crippen LogP contribution in [0.2, 0.25) is 0 Å². The van der Waals surface area contributed by atoms with E-state index in [1.165, 1.54) is 92.1 Å². The van der Waals surface area contributed by atoms with Crippen LogP contribution < -0.4 is 0 Å². The predicted molar refractivity (Wildman–Crippen MR) is 148 cm³/mol. The topological polar surface area (TPSA) is 0 Å². The van der Waals surface area contributed by atoms with E-state index in [0.717, 1.165) is 31.2 Å². The minimum Gasteiger partial charge on any atom is -0.313 e. The standard InChI is InChI=1S/C24H24.2C5H10.Zr/c1-3-11-20(4-2)24(18-19-12-7-5-8-13-19)23-17-16-22(23)21-14-9-6-10-15-21;2*1-2-4-5-3-1;/h5-10,12-15H,3-4,16-17H2,1-2H3;2*1-5H2;/q-2;;;+4. The number of rotatable bonds is 6. The van der Waals surface area contributed by atoms with Crippen LogP contribution in [0.3, 0.4) is 0 Å². The van der Waals surface area contributed by atoms with Gasteiger partial charge in [0.1, 0.15) is 0 Å². The van der Waals surface area contributed by atoms with Crippen molar-refractivity contribution < 1.29 is 26.2 Å². The van der Waals surface area contributed by atoms with Crippen LogP contribution in [0, 0.1) is 12.2 Å². The Bertz CT molecular complexity index is 884. The molecule has 0 heterocycles. The normalized spacial score (nSPS) is 17.4. The summed E-state index contributed by atoms with van der Waals surface area (Å²) in [5, 5.41) is 0. The number of benzene rings is 2. The summed E-state index contributed by atoms with van der Waals surface area (Å²) >= 11 is 0. The molecule has 2 aromatic carbocycles. The van der Waals surface area contributed by atoms with Crippen molar-refractivity contribution in [3.05, 3.63) is 101 Å². The molecule has 0 nitrogen and oxygen atoms in total. The van der Waals surface area contributed by atoms with Crippen molar-refractivity contribution in [3.8, 4) is 0 Å². The van der Waals surface area contributed by atoms with Gasteiger partial charge < -0.3 is 6.08 Å². The first-order chi connectivity index (χ1) is 16.8. The first-order valence-electron chi connectivity index (χ1n) is 13.9. The fourth-order valence-electron chi connectivity index (χ4n) is 4.98. The van der Waals surface area contributed by atoms with E-state index < -0.39 is 0 Å². The van der Waals surface area contributed by atoms with Crippen molar-refractivity contribution in [2.45, 2.75) is 104 Å². The minimum absolute atomic E-state index is 0. The van der Waals surface area contributed by atoms with Crippen LogP contribution in [-0.2, 0) is 26.2 Å². The van der Waals surface area contributed by atoms with Crippen molar-refractivity contribution in [2.24, 2.45) is 0 Å². The maximum Gasteiger partial charge on any atom is 4.00 e. The molecule has 0 saturated heterocycles. The average molecular weight is 544 g/mol. The molecule has 2 fully saturated rings. The zero-order chi connectivity index (χ0) is 23.8. The number of hydrogen-bond donors (Lipinski definition) is 0. The molecule has 0 bridgehead atoms. The molecular weight excluding hydrogens is 500 g/mol. The van der Waals surface area contributed by atoms with Crippen molar-refractivity contribution in [1.82, 2.24) is 0 Å². The molecule has 0 radical (unpaired) electrons. The van der Waals surface area contributed by atoms with Crippen molar-refractivity contribution in [2.75, 3.05) is 0 Å². The monoisotopic (exact) mass is 542 g/mol. The summed E-state index contributed by atoms with van der Waals surface area (Å²) in [7, 11) is 0. The van der Waals surface area contributed by atoms with Crippen LogP contribution >= 0.6 is 0 Å². The molecule has 0 aromatic heterocycles. The van der Waals surface area contributed by atoms with Crippen LogP contribution in [0.1, 0.15) is 115 Å². The Morgan fingerprint density at radius 2 is 1.14 bits per heavy atom. The Morgan fingerprint density at radius 3 is 1.54 bits per heavy atom. The minimum atomic E-state index is 0. The molecule has 0 aliphatic heterocycles. The molecule has 5 rings (SSSR count). The third kappa shape index (κ3) is 10.2. The van der Waals surface area contributed by atoms with Gasteiger partial charge in [0.15, 0.2) is 0 Å². The Labute approximate surface area is 235 Å². The summed E-state index contributed by atoms with van der Waals surface area (Å²) in [6.07, 6.45) is 26.5. The van der Waals surface area contributed by atoms with E-state index >= 15 is 0 Å². The molecule has 0 atom stereocenters. The second-order valence-corrected chi connectivity index (χ2v) is 9.59. The molecule has 3 aliphatic carbocycles. The Morgan fingerprint density at radius 1 is 0.657 bits per heavy atom. The van der Waals surface area contributed by atoms with Crippen LogP contribution in [0.4, 0.5) is 0 Å². The second kappa shape index (κ2) is 17.9. The van der Waals surface area contributed by atoms with Crippen LogP contribution in [0.25, 0.3) is 5.57 Å². The van der Waals surface area contributed by atoms with E-state index in [9.17, 15) is 0 Å². The summed E-state index contributed by atoms with van der Waals surface area (Å²) in [6, 6.07) is 21.2. The molecule has 0 N–H and O–H groups in total. The summed E-state index contributed by atoms with van der Waals surface area (Å²) in [5.41, 5.74) is 7.96. The van der Waals surface area contributed by atoms with E-state index in [1.54, 1.807) is 0 Å². The molecule has 0 amide bonds. The van der Waals surface area contributed by atoms with Gasteiger partial charge >= 0.3 is 26.2 Å². The van der Waals surface area contributed by atoms with Gasteiger partial charge in [-0.1, -0.05) is 145 Å². The maximum atomic E-state index is 3.68. The molecule has 3 aliphatic rings. The third-order valence-corrected chi connectivity index (χ3v) is 7.00. The van der Waals surface area contributed by atoms with Crippen LogP contribution in [0.15, 0.2) is 77.4 Å². The van der Waals surface area contributed by atoms with Crippen LogP contribution in [0.5, 0.6) is 0 Å². The van der Waals surface area contributed by atoms with Gasteiger partial charge in [0.25, 0.3) is 0 Å². The molecule has 182 valence electrons. The molecule has 0 spiro atoms. The maximum absolute atomic E-state index is 3.68. The zero-order valence-electron chi connectivity index (χ0n) is 22.2. The van der Waals surface area contributed by atoms with Gasteiger partial charge in [-0.05, 0) is 12.0 Å². The molecular formula is C34H44Zr+2. The fourth-order valence-corrected chi connectivity index (χ4v) is 4.98. The van der Waals surface area contributed by atoms with E-state index in [1.807, 2.05) is 0 Å². The van der Waals surface area contributed by atoms with Gasteiger partial charge in [-0.25, -0.2) is 6.08 Å². The van der Waals surface area contributed by atoms with Crippen molar-refractivity contribution in [3.63, 3.8) is 0 Å². The van der Waals surface area contributed by atoms with E-state index in [2.05, 4.69) is 86.7 Å². The van der Waals surface area contributed by atoms with Crippen molar-refractivity contribution in [1.29, 1.82) is 0 Å². The quantitative estimate of drug-likeness (QED) is 0.251. The summed E-state index contributed by atoms with van der Waals surface area (Å²) in [5.74, 6) is 0. The van der Waals surface area contributed by atoms with E-state index in [-0.39, 0.29) is 26.2 Å². The second-order valence-electron chi connectivity index (χ2n) is 9.59. The van der Waals surface area contributed by atoms with Crippen molar-refractivity contribution >= 4 is 5.57 Å². The molecule has 0 unspecified atom stereocenters. The predicted octanol–water partition coefficient (Wildman–Crippen LogP) is 10.5. The van der Waals surface area contributed by atoms with Gasteiger partial charge in [0, 0.05) is 0 Å². The number of allylic oxidation sites excluding steroid dienone is 5. The molecule has 1 heteroatoms. The van der Waals surface area contributed by atoms with Crippen LogP contribution in [-0.4, -0.2) is 0 Å². The summed E-state index contributed by atoms with van der Waals surface area (Å²) in [6.45, 7) is 4.37. The Hall–Kier alpha value is -1.46. The zero-order valence-corrected chi connectivity index (χ0v) is 24.6. The first kappa shape index (κ1) is 29.8. The van der Waals surface area contributed by atoms with Gasteiger partial charge in [0.05, 0.1) is 0 Å². The van der Waals surface area contributed by atoms with Gasteiger partial charge in [0.2, 0.25) is 0 Å². The smallest absolute Gasteiger partial charge is 0.313 e. The van der Waals surface area contributed by atoms with Gasteiger partial charge in [-0.3, -0.25) is 11.1 Å². The molecule has 2 saturated carbocycles. The van der Waals surface area contributed by atoms with Gasteiger partial charge in [-0.15, -0.1) is 24.1 Å². The largest absolute Gasteiger partial charge is 4.00 e. The Kier molecular flexibility index (Phi) is 15.2. The third-order valence-electron chi connectivity index (χ3n) is 7.00. The summed E-state index contributed by atoms with van der Waals surface area (Å²) in [4.78, 5) is 0. The first-order valence-corrected chi connectivity index (χ1v) is 13.9. The molecule has 35 heavy (non-hydrogen) atoms. The molecule has 2 aromatic rings. The fraction of sp³-hybridized carbons (Fsp3) is 0.471. The van der Waals surface area contributed by atoms with Gasteiger partial charge in [-0.2, -0.15) is 5.57 Å².